The first-order chi connectivity index (χ1) is 11.9. The minimum absolute atomic E-state index is 1.06. The molecule has 1 nitrogen and oxygen atoms in total. The third kappa shape index (κ3) is 2.97. The van der Waals surface area contributed by atoms with Gasteiger partial charge in [-0.15, -0.1) is 0 Å². The largest absolute Gasteiger partial charge is 0.256 e. The number of rotatable bonds is 0. The van der Waals surface area contributed by atoms with Crippen LogP contribution in [0.5, 0.6) is 0 Å². The molecule has 0 amide bonds. The molecule has 0 fully saturated rings. The van der Waals surface area contributed by atoms with Crippen molar-refractivity contribution >= 4 is 32.4 Å². The number of fused-ring (bicyclic) bond motifs is 3. The molecular formula is C23H17N. The molecule has 1 heterocycles. The van der Waals surface area contributed by atoms with Crippen LogP contribution in [0, 0.1) is 0 Å². The summed E-state index contributed by atoms with van der Waals surface area (Å²) in [6.45, 7) is 0. The van der Waals surface area contributed by atoms with Gasteiger partial charge in [0.1, 0.15) is 0 Å². The maximum atomic E-state index is 4.18. The molecule has 0 aliphatic heterocycles. The van der Waals surface area contributed by atoms with Gasteiger partial charge < -0.3 is 0 Å². The Morgan fingerprint density at radius 1 is 0.417 bits per heavy atom. The predicted octanol–water partition coefficient (Wildman–Crippen LogP) is 6.23. The lowest BCUT2D eigenvalue weighted by atomic mass is 10.0. The van der Waals surface area contributed by atoms with Gasteiger partial charge >= 0.3 is 0 Å². The van der Waals surface area contributed by atoms with Crippen molar-refractivity contribution in [3.05, 3.63) is 103 Å². The van der Waals surface area contributed by atoms with E-state index in [9.17, 15) is 0 Å². The first-order valence-corrected chi connectivity index (χ1v) is 8.07. The molecule has 0 spiro atoms. The number of hydrogen-bond donors (Lipinski definition) is 0. The lowest BCUT2D eigenvalue weighted by Gasteiger charge is -2.00. The van der Waals surface area contributed by atoms with E-state index < -0.39 is 0 Å². The zero-order valence-electron chi connectivity index (χ0n) is 13.3. The Morgan fingerprint density at radius 2 is 0.833 bits per heavy atom. The highest BCUT2D eigenvalue weighted by Crippen LogP contribution is 2.22. The fourth-order valence-electron chi connectivity index (χ4n) is 2.90. The molecule has 0 bridgehead atoms. The third-order valence-electron chi connectivity index (χ3n) is 4.13. The molecule has 5 rings (SSSR count). The number of aromatic nitrogens is 1. The van der Waals surface area contributed by atoms with Crippen LogP contribution in [0.25, 0.3) is 32.4 Å². The highest BCUT2D eigenvalue weighted by atomic mass is 14.6. The van der Waals surface area contributed by atoms with E-state index in [2.05, 4.69) is 77.8 Å². The van der Waals surface area contributed by atoms with E-state index in [-0.39, 0.29) is 0 Å². The van der Waals surface area contributed by atoms with Gasteiger partial charge in [0, 0.05) is 11.6 Å². The molecule has 1 aromatic heterocycles. The Morgan fingerprint density at radius 3 is 1.33 bits per heavy atom. The molecule has 0 aliphatic carbocycles. The van der Waals surface area contributed by atoms with Gasteiger partial charge in [0.15, 0.2) is 0 Å². The van der Waals surface area contributed by atoms with Crippen molar-refractivity contribution in [2.45, 2.75) is 0 Å². The standard InChI is InChI=1S/C14H10.C9H7N/c1-2-6-12-10-14-8-4-3-7-13(14)9-11(12)5-1;1-2-6-9-8(4-1)5-3-7-10-9/h1-10H;1-7H. The molecule has 0 N–H and O–H groups in total. The number of para-hydroxylation sites is 1. The average molecular weight is 307 g/mol. The quantitative estimate of drug-likeness (QED) is 0.309. The molecule has 114 valence electrons. The van der Waals surface area contributed by atoms with Crippen LogP contribution < -0.4 is 0 Å². The van der Waals surface area contributed by atoms with Crippen molar-refractivity contribution in [3.63, 3.8) is 0 Å². The predicted molar refractivity (Wildman–Crippen MR) is 103 cm³/mol. The Kier molecular flexibility index (Phi) is 3.91. The summed E-state index contributed by atoms with van der Waals surface area (Å²) in [5.74, 6) is 0. The molecule has 5 aromatic rings. The van der Waals surface area contributed by atoms with Crippen LogP contribution in [0.3, 0.4) is 0 Å². The maximum Gasteiger partial charge on any atom is 0.0701 e. The van der Waals surface area contributed by atoms with E-state index in [0.29, 0.717) is 0 Å². The van der Waals surface area contributed by atoms with Crippen LogP contribution in [0.4, 0.5) is 0 Å². The Balaban J connectivity index is 0.000000129. The summed E-state index contributed by atoms with van der Waals surface area (Å²) in [6, 6.07) is 33.5. The van der Waals surface area contributed by atoms with Gasteiger partial charge in [-0.1, -0.05) is 72.8 Å². The monoisotopic (exact) mass is 307 g/mol. The molecule has 0 saturated carbocycles. The van der Waals surface area contributed by atoms with Gasteiger partial charge in [-0.2, -0.15) is 0 Å². The Labute approximate surface area is 141 Å². The van der Waals surface area contributed by atoms with Crippen molar-refractivity contribution in [1.29, 1.82) is 0 Å². The molecular weight excluding hydrogens is 290 g/mol. The molecule has 0 aliphatic rings. The second-order valence-corrected chi connectivity index (χ2v) is 5.74. The van der Waals surface area contributed by atoms with E-state index >= 15 is 0 Å². The van der Waals surface area contributed by atoms with Gasteiger partial charge in [0.05, 0.1) is 5.52 Å². The van der Waals surface area contributed by atoms with E-state index in [4.69, 9.17) is 0 Å². The van der Waals surface area contributed by atoms with E-state index in [1.54, 1.807) is 0 Å². The van der Waals surface area contributed by atoms with Crippen molar-refractivity contribution in [2.24, 2.45) is 0 Å². The number of benzene rings is 4. The smallest absolute Gasteiger partial charge is 0.0701 e. The first kappa shape index (κ1) is 14.4. The van der Waals surface area contributed by atoms with Gasteiger partial charge in [-0.25, -0.2) is 0 Å². The number of pyridine rings is 1. The third-order valence-corrected chi connectivity index (χ3v) is 4.13. The van der Waals surface area contributed by atoms with E-state index in [1.165, 1.54) is 26.9 Å². The average Bonchev–Trinajstić information content (AvgIpc) is 2.67. The van der Waals surface area contributed by atoms with Gasteiger partial charge in [-0.05, 0) is 45.8 Å². The fraction of sp³-hybridized carbons (Fsp3) is 0. The summed E-state index contributed by atoms with van der Waals surface area (Å²) in [6.07, 6.45) is 1.81. The molecule has 0 saturated heterocycles. The highest BCUT2D eigenvalue weighted by molar-refractivity contribution is 5.98. The summed E-state index contributed by atoms with van der Waals surface area (Å²) >= 11 is 0. The normalized spacial score (nSPS) is 10.5. The summed E-state index contributed by atoms with van der Waals surface area (Å²) in [5, 5.41) is 6.44. The van der Waals surface area contributed by atoms with Gasteiger partial charge in [0.25, 0.3) is 0 Å². The lowest BCUT2D eigenvalue weighted by Crippen LogP contribution is -1.74. The molecule has 24 heavy (non-hydrogen) atoms. The maximum absolute atomic E-state index is 4.18. The summed E-state index contributed by atoms with van der Waals surface area (Å²) in [7, 11) is 0. The van der Waals surface area contributed by atoms with Crippen LogP contribution in [0.2, 0.25) is 0 Å². The van der Waals surface area contributed by atoms with Crippen molar-refractivity contribution in [2.75, 3.05) is 0 Å². The highest BCUT2D eigenvalue weighted by Gasteiger charge is 1.95. The van der Waals surface area contributed by atoms with Crippen LogP contribution >= 0.6 is 0 Å². The molecule has 0 atom stereocenters. The molecule has 4 aromatic carbocycles. The first-order valence-electron chi connectivity index (χ1n) is 8.07. The summed E-state index contributed by atoms with van der Waals surface area (Å²) in [4.78, 5) is 4.18. The lowest BCUT2D eigenvalue weighted by molar-refractivity contribution is 1.41. The van der Waals surface area contributed by atoms with E-state index in [0.717, 1.165) is 5.52 Å². The zero-order chi connectivity index (χ0) is 16.2. The van der Waals surface area contributed by atoms with E-state index in [1.807, 2.05) is 30.5 Å². The summed E-state index contributed by atoms with van der Waals surface area (Å²) < 4.78 is 0. The van der Waals surface area contributed by atoms with Gasteiger partial charge in [-0.3, -0.25) is 4.98 Å². The second-order valence-electron chi connectivity index (χ2n) is 5.74. The summed E-state index contributed by atoms with van der Waals surface area (Å²) in [5.41, 5.74) is 1.06. The fourth-order valence-corrected chi connectivity index (χ4v) is 2.90. The molecule has 0 radical (unpaired) electrons. The SMILES string of the molecule is c1ccc2cc3ccccc3cc2c1.c1ccc2ncccc2c1. The van der Waals surface area contributed by atoms with Crippen molar-refractivity contribution in [1.82, 2.24) is 4.98 Å². The zero-order valence-corrected chi connectivity index (χ0v) is 13.3. The van der Waals surface area contributed by atoms with Crippen LogP contribution in [-0.2, 0) is 0 Å². The Hall–Kier alpha value is -3.19. The van der Waals surface area contributed by atoms with Crippen LogP contribution in [-0.4, -0.2) is 4.98 Å². The Bertz CT molecular complexity index is 942. The van der Waals surface area contributed by atoms with Crippen LogP contribution in [0.15, 0.2) is 103 Å². The second kappa shape index (κ2) is 6.51. The number of nitrogens with zero attached hydrogens (tertiary/aromatic N) is 1. The minimum atomic E-state index is 1.06. The number of hydrogen-bond acceptors (Lipinski definition) is 1. The molecule has 1 heteroatoms. The van der Waals surface area contributed by atoms with Gasteiger partial charge in [0.2, 0.25) is 0 Å². The topological polar surface area (TPSA) is 12.9 Å². The minimum Gasteiger partial charge on any atom is -0.256 e. The van der Waals surface area contributed by atoms with Crippen molar-refractivity contribution in [3.8, 4) is 0 Å². The van der Waals surface area contributed by atoms with Crippen LogP contribution in [0.1, 0.15) is 0 Å². The molecule has 0 unspecified atom stereocenters. The van der Waals surface area contributed by atoms with Crippen molar-refractivity contribution < 1.29 is 0 Å².